The zero-order valence-electron chi connectivity index (χ0n) is 14.3. The quantitative estimate of drug-likeness (QED) is 0.648. The van der Waals surface area contributed by atoms with Crippen LogP contribution in [-0.2, 0) is 21.3 Å². The highest BCUT2D eigenvalue weighted by Gasteiger charge is 2.29. The second kappa shape index (κ2) is 7.08. The monoisotopic (exact) mass is 408 g/mol. The van der Waals surface area contributed by atoms with Crippen LogP contribution in [0.4, 0.5) is 0 Å². The van der Waals surface area contributed by atoms with E-state index in [0.717, 1.165) is 5.56 Å². The van der Waals surface area contributed by atoms with Gasteiger partial charge >= 0.3 is 5.69 Å². The molecule has 1 fully saturated rings. The van der Waals surface area contributed by atoms with E-state index in [1.807, 2.05) is 6.07 Å². The molecule has 10 heteroatoms. The highest BCUT2D eigenvalue weighted by Crippen LogP contribution is 2.20. The van der Waals surface area contributed by atoms with Gasteiger partial charge in [0.15, 0.2) is 5.65 Å². The molecule has 0 atom stereocenters. The Labute approximate surface area is 160 Å². The lowest BCUT2D eigenvalue weighted by Gasteiger charge is -2.25. The molecule has 0 amide bonds. The number of benzene rings is 1. The molecule has 1 saturated heterocycles. The van der Waals surface area contributed by atoms with E-state index in [2.05, 4.69) is 5.10 Å². The summed E-state index contributed by atoms with van der Waals surface area (Å²) in [5, 5.41) is 4.84. The highest BCUT2D eigenvalue weighted by atomic mass is 35.5. The number of fused-ring (bicyclic) bond motifs is 1. The molecule has 8 nitrogen and oxygen atoms in total. The Kier molecular flexibility index (Phi) is 4.77. The molecular weight excluding hydrogens is 392 g/mol. The van der Waals surface area contributed by atoms with Crippen LogP contribution < -0.4 is 5.69 Å². The molecule has 1 aliphatic heterocycles. The number of sulfonamides is 1. The minimum atomic E-state index is -3.77. The summed E-state index contributed by atoms with van der Waals surface area (Å²) in [5.74, 6) is 0. The molecule has 0 saturated carbocycles. The van der Waals surface area contributed by atoms with Gasteiger partial charge in [-0.05, 0) is 29.8 Å². The number of ether oxygens (including phenoxy) is 1. The van der Waals surface area contributed by atoms with Gasteiger partial charge < -0.3 is 4.74 Å². The van der Waals surface area contributed by atoms with E-state index in [-0.39, 0.29) is 30.2 Å². The summed E-state index contributed by atoms with van der Waals surface area (Å²) in [4.78, 5) is 12.7. The molecule has 3 aromatic rings. The minimum absolute atomic E-state index is 0.00819. The summed E-state index contributed by atoms with van der Waals surface area (Å²) in [7, 11) is -3.77. The summed E-state index contributed by atoms with van der Waals surface area (Å²) in [6, 6.07) is 10.1. The SMILES string of the molecule is O=c1n(Cc2cccc(Cl)c2)nc2c(S(=O)(=O)N3CCOCC3)cccn12. The molecule has 0 bridgehead atoms. The van der Waals surface area contributed by atoms with Gasteiger partial charge in [-0.1, -0.05) is 23.7 Å². The van der Waals surface area contributed by atoms with Gasteiger partial charge in [-0.25, -0.2) is 22.3 Å². The van der Waals surface area contributed by atoms with Gasteiger partial charge in [-0.2, -0.15) is 4.31 Å². The number of aromatic nitrogens is 3. The molecule has 0 spiro atoms. The van der Waals surface area contributed by atoms with E-state index in [1.165, 1.54) is 31.7 Å². The van der Waals surface area contributed by atoms with E-state index in [1.54, 1.807) is 18.2 Å². The molecule has 27 heavy (non-hydrogen) atoms. The van der Waals surface area contributed by atoms with Crippen LogP contribution in [0.25, 0.3) is 5.65 Å². The molecule has 0 N–H and O–H groups in total. The lowest BCUT2D eigenvalue weighted by molar-refractivity contribution is 0.0730. The lowest BCUT2D eigenvalue weighted by Crippen LogP contribution is -2.40. The van der Waals surface area contributed by atoms with Crippen molar-refractivity contribution in [1.82, 2.24) is 18.5 Å². The standard InChI is InChI=1S/C17H17ClN4O4S/c18-14-4-1-3-13(11-14)12-22-17(23)21-6-2-5-15(16(21)19-22)27(24,25)20-7-9-26-10-8-20/h1-6,11H,7-10,12H2. The van der Waals surface area contributed by atoms with E-state index in [4.69, 9.17) is 16.3 Å². The van der Waals surface area contributed by atoms with Crippen molar-refractivity contribution < 1.29 is 13.2 Å². The number of pyridine rings is 1. The Morgan fingerprint density at radius 2 is 1.93 bits per heavy atom. The Morgan fingerprint density at radius 3 is 2.67 bits per heavy atom. The summed E-state index contributed by atoms with van der Waals surface area (Å²) in [5.41, 5.74) is 0.491. The van der Waals surface area contributed by atoms with Gasteiger partial charge in [0.05, 0.1) is 19.8 Å². The van der Waals surface area contributed by atoms with Crippen LogP contribution in [0.5, 0.6) is 0 Å². The molecular formula is C17H17ClN4O4S. The molecule has 0 radical (unpaired) electrons. The molecule has 1 aliphatic rings. The number of morpholine rings is 1. The van der Waals surface area contributed by atoms with Crippen LogP contribution in [0.1, 0.15) is 5.56 Å². The smallest absolute Gasteiger partial charge is 0.350 e. The molecule has 0 unspecified atom stereocenters. The molecule has 142 valence electrons. The fourth-order valence-corrected chi connectivity index (χ4v) is 4.79. The van der Waals surface area contributed by atoms with Gasteiger partial charge in [0.1, 0.15) is 4.90 Å². The largest absolute Gasteiger partial charge is 0.379 e. The van der Waals surface area contributed by atoms with E-state index < -0.39 is 15.7 Å². The zero-order chi connectivity index (χ0) is 19.0. The van der Waals surface area contributed by atoms with Gasteiger partial charge in [-0.15, -0.1) is 5.10 Å². The fraction of sp³-hybridized carbons (Fsp3) is 0.294. The predicted molar refractivity (Wildman–Crippen MR) is 99.6 cm³/mol. The van der Waals surface area contributed by atoms with Crippen molar-refractivity contribution in [3.05, 3.63) is 63.7 Å². The number of nitrogens with zero attached hydrogens (tertiary/aromatic N) is 4. The van der Waals surface area contributed by atoms with E-state index in [9.17, 15) is 13.2 Å². The van der Waals surface area contributed by atoms with Gasteiger partial charge in [0, 0.05) is 24.3 Å². The van der Waals surface area contributed by atoms with E-state index >= 15 is 0 Å². The first-order chi connectivity index (χ1) is 13.0. The molecule has 3 heterocycles. The summed E-state index contributed by atoms with van der Waals surface area (Å²) < 4.78 is 35.1. The maximum Gasteiger partial charge on any atom is 0.350 e. The normalized spacial score (nSPS) is 16.0. The third kappa shape index (κ3) is 3.39. The maximum absolute atomic E-state index is 13.0. The first-order valence-corrected chi connectivity index (χ1v) is 10.2. The molecule has 0 aliphatic carbocycles. The summed E-state index contributed by atoms with van der Waals surface area (Å²) in [6.45, 7) is 1.43. The summed E-state index contributed by atoms with van der Waals surface area (Å²) in [6.07, 6.45) is 1.51. The van der Waals surface area contributed by atoms with Crippen molar-refractivity contribution >= 4 is 27.3 Å². The second-order valence-electron chi connectivity index (χ2n) is 6.15. The van der Waals surface area contributed by atoms with Crippen molar-refractivity contribution in [3.8, 4) is 0 Å². The maximum atomic E-state index is 13.0. The lowest BCUT2D eigenvalue weighted by atomic mass is 10.2. The Bertz CT molecular complexity index is 1150. The minimum Gasteiger partial charge on any atom is -0.379 e. The second-order valence-corrected chi connectivity index (χ2v) is 8.50. The average Bonchev–Trinajstić information content (AvgIpc) is 2.98. The van der Waals surface area contributed by atoms with Gasteiger partial charge in [0.2, 0.25) is 10.0 Å². The Hall–Kier alpha value is -2.20. The van der Waals surface area contributed by atoms with Crippen molar-refractivity contribution in [2.24, 2.45) is 0 Å². The van der Waals surface area contributed by atoms with Gasteiger partial charge in [-0.3, -0.25) is 0 Å². The Morgan fingerprint density at radius 1 is 1.15 bits per heavy atom. The van der Waals surface area contributed by atoms with Crippen LogP contribution >= 0.6 is 11.6 Å². The Balaban J connectivity index is 1.79. The topological polar surface area (TPSA) is 85.9 Å². The van der Waals surface area contributed by atoms with E-state index in [0.29, 0.717) is 18.2 Å². The third-order valence-electron chi connectivity index (χ3n) is 4.38. The first kappa shape index (κ1) is 18.2. The van der Waals surface area contributed by atoms with Crippen molar-refractivity contribution in [2.45, 2.75) is 11.4 Å². The number of hydrogen-bond acceptors (Lipinski definition) is 5. The number of rotatable bonds is 4. The summed E-state index contributed by atoms with van der Waals surface area (Å²) >= 11 is 5.99. The highest BCUT2D eigenvalue weighted by molar-refractivity contribution is 7.89. The predicted octanol–water partition coefficient (Wildman–Crippen LogP) is 1.22. The first-order valence-electron chi connectivity index (χ1n) is 8.37. The van der Waals surface area contributed by atoms with Crippen molar-refractivity contribution in [2.75, 3.05) is 26.3 Å². The molecule has 1 aromatic carbocycles. The van der Waals surface area contributed by atoms with Gasteiger partial charge in [0.25, 0.3) is 0 Å². The number of hydrogen-bond donors (Lipinski definition) is 0. The van der Waals surface area contributed by atoms with Crippen molar-refractivity contribution in [1.29, 1.82) is 0 Å². The molecule has 4 rings (SSSR count). The fourth-order valence-electron chi connectivity index (χ4n) is 3.05. The third-order valence-corrected chi connectivity index (χ3v) is 6.54. The van der Waals surface area contributed by atoms with Crippen LogP contribution in [0.15, 0.2) is 52.3 Å². The van der Waals surface area contributed by atoms with Crippen LogP contribution in [0, 0.1) is 0 Å². The average molecular weight is 409 g/mol. The number of halogens is 1. The zero-order valence-corrected chi connectivity index (χ0v) is 15.9. The van der Waals surface area contributed by atoms with Crippen LogP contribution in [0.2, 0.25) is 5.02 Å². The van der Waals surface area contributed by atoms with Crippen LogP contribution in [-0.4, -0.2) is 53.2 Å². The molecule has 2 aromatic heterocycles. The van der Waals surface area contributed by atoms with Crippen LogP contribution in [0.3, 0.4) is 0 Å². The van der Waals surface area contributed by atoms with Crippen molar-refractivity contribution in [3.63, 3.8) is 0 Å².